The highest BCUT2D eigenvalue weighted by Crippen LogP contribution is 2.33. The van der Waals surface area contributed by atoms with Crippen molar-refractivity contribution >= 4 is 34.1 Å². The van der Waals surface area contributed by atoms with Crippen LogP contribution in [0.1, 0.15) is 56.2 Å². The average Bonchev–Trinajstić information content (AvgIpc) is 3.29. The topological polar surface area (TPSA) is 102 Å². The van der Waals surface area contributed by atoms with Crippen LogP contribution in [0.25, 0.3) is 10.8 Å². The van der Waals surface area contributed by atoms with Gasteiger partial charge in [0.05, 0.1) is 25.1 Å². The zero-order chi connectivity index (χ0) is 25.7. The zero-order valence-electron chi connectivity index (χ0n) is 21.4. The van der Waals surface area contributed by atoms with E-state index in [2.05, 4.69) is 15.6 Å². The summed E-state index contributed by atoms with van der Waals surface area (Å²) in [4.78, 5) is 28.3. The van der Waals surface area contributed by atoms with Gasteiger partial charge in [0.15, 0.2) is 0 Å². The molecule has 2 amide bonds. The molecular formula is C28H35N3O5. The summed E-state index contributed by atoms with van der Waals surface area (Å²) in [6.07, 6.45) is 3.16. The number of aromatic nitrogens is 1. The smallest absolute Gasteiger partial charge is 0.356 e. The summed E-state index contributed by atoms with van der Waals surface area (Å²) in [7, 11) is 1.31. The summed E-state index contributed by atoms with van der Waals surface area (Å²) in [6, 6.07) is 12.8. The quantitative estimate of drug-likeness (QED) is 0.346. The van der Waals surface area contributed by atoms with Gasteiger partial charge in [0, 0.05) is 35.1 Å². The Morgan fingerprint density at radius 3 is 2.42 bits per heavy atom. The third kappa shape index (κ3) is 5.99. The zero-order valence-corrected chi connectivity index (χ0v) is 21.4. The Morgan fingerprint density at radius 1 is 1.03 bits per heavy atom. The van der Waals surface area contributed by atoms with Crippen molar-refractivity contribution in [3.63, 3.8) is 0 Å². The standard InChI is InChI=1S/C28H35N3O5/c1-28(2,3)24-17-22(25(31-24)26(32)34-4)30-27(33)29-21-9-10-23(20-8-6-5-7-19(20)21)36-16-13-18-11-14-35-15-12-18/h5-10,17-18,31H,11-16H2,1-4H3,(H2,29,30,33). The molecule has 0 atom stereocenters. The Kier molecular flexibility index (Phi) is 7.84. The number of hydrogen-bond acceptors (Lipinski definition) is 5. The number of aromatic amines is 1. The summed E-state index contributed by atoms with van der Waals surface area (Å²) in [5, 5.41) is 7.50. The van der Waals surface area contributed by atoms with Crippen molar-refractivity contribution in [3.05, 3.63) is 53.9 Å². The lowest BCUT2D eigenvalue weighted by Gasteiger charge is -2.22. The van der Waals surface area contributed by atoms with Gasteiger partial charge in [-0.2, -0.15) is 0 Å². The van der Waals surface area contributed by atoms with E-state index in [-0.39, 0.29) is 11.1 Å². The van der Waals surface area contributed by atoms with E-state index in [1.165, 1.54) is 7.11 Å². The van der Waals surface area contributed by atoms with E-state index < -0.39 is 12.0 Å². The number of methoxy groups -OCH3 is 1. The number of fused-ring (bicyclic) bond motifs is 1. The van der Waals surface area contributed by atoms with Crippen molar-refractivity contribution in [1.82, 2.24) is 4.98 Å². The van der Waals surface area contributed by atoms with E-state index >= 15 is 0 Å². The fourth-order valence-corrected chi connectivity index (χ4v) is 4.37. The number of anilines is 2. The van der Waals surface area contributed by atoms with Crippen LogP contribution in [-0.2, 0) is 14.9 Å². The SMILES string of the molecule is COC(=O)c1[nH]c(C(C)(C)C)cc1NC(=O)Nc1ccc(OCCC2CCOCC2)c2ccccc12. The van der Waals surface area contributed by atoms with E-state index in [1.807, 2.05) is 57.2 Å². The number of benzene rings is 2. The number of rotatable bonds is 7. The minimum Gasteiger partial charge on any atom is -0.493 e. The van der Waals surface area contributed by atoms with Crippen molar-refractivity contribution in [3.8, 4) is 5.75 Å². The molecule has 3 N–H and O–H groups in total. The van der Waals surface area contributed by atoms with E-state index in [1.54, 1.807) is 6.07 Å². The van der Waals surface area contributed by atoms with Gasteiger partial charge < -0.3 is 29.8 Å². The molecule has 1 fully saturated rings. The van der Waals surface area contributed by atoms with E-state index in [4.69, 9.17) is 14.2 Å². The number of carbonyl (C=O) groups is 2. The lowest BCUT2D eigenvalue weighted by molar-refractivity contribution is 0.0591. The second-order valence-corrected chi connectivity index (χ2v) is 10.1. The molecule has 0 radical (unpaired) electrons. The summed E-state index contributed by atoms with van der Waals surface area (Å²) in [6.45, 7) is 8.35. The van der Waals surface area contributed by atoms with Crippen LogP contribution in [0.4, 0.5) is 16.2 Å². The molecule has 3 aromatic rings. The maximum atomic E-state index is 12.9. The maximum Gasteiger partial charge on any atom is 0.356 e. The van der Waals surface area contributed by atoms with Crippen molar-refractivity contribution in [2.75, 3.05) is 37.6 Å². The summed E-state index contributed by atoms with van der Waals surface area (Å²) >= 11 is 0. The molecule has 2 heterocycles. The van der Waals surface area contributed by atoms with Crippen molar-refractivity contribution in [1.29, 1.82) is 0 Å². The Hall–Kier alpha value is -3.52. The van der Waals surface area contributed by atoms with Crippen LogP contribution >= 0.6 is 0 Å². The molecule has 8 heteroatoms. The highest BCUT2D eigenvalue weighted by Gasteiger charge is 2.24. The van der Waals surface area contributed by atoms with Crippen LogP contribution in [-0.4, -0.2) is 43.9 Å². The summed E-state index contributed by atoms with van der Waals surface area (Å²) in [5.74, 6) is 0.877. The second-order valence-electron chi connectivity index (χ2n) is 10.1. The molecular weight excluding hydrogens is 458 g/mol. The molecule has 1 aromatic heterocycles. The van der Waals surface area contributed by atoms with Crippen LogP contribution < -0.4 is 15.4 Å². The van der Waals surface area contributed by atoms with Gasteiger partial charge in [-0.1, -0.05) is 45.0 Å². The van der Waals surface area contributed by atoms with Crippen LogP contribution in [0.3, 0.4) is 0 Å². The Bertz CT molecular complexity index is 1220. The summed E-state index contributed by atoms with van der Waals surface area (Å²) in [5.41, 5.74) is 1.78. The minimum atomic E-state index is -0.548. The molecule has 0 spiro atoms. The first-order valence-electron chi connectivity index (χ1n) is 12.4. The fraction of sp³-hybridized carbons (Fsp3) is 0.429. The number of esters is 1. The first-order valence-corrected chi connectivity index (χ1v) is 12.4. The number of urea groups is 1. The number of hydrogen-bond donors (Lipinski definition) is 3. The average molecular weight is 494 g/mol. The van der Waals surface area contributed by atoms with E-state index in [9.17, 15) is 9.59 Å². The van der Waals surface area contributed by atoms with Gasteiger partial charge in [0.1, 0.15) is 11.4 Å². The third-order valence-corrected chi connectivity index (χ3v) is 6.52. The van der Waals surface area contributed by atoms with Crippen molar-refractivity contribution < 1.29 is 23.8 Å². The van der Waals surface area contributed by atoms with Gasteiger partial charge in [0.2, 0.25) is 0 Å². The Labute approximate surface area is 211 Å². The van der Waals surface area contributed by atoms with Crippen LogP contribution in [0.5, 0.6) is 5.75 Å². The number of amides is 2. The Morgan fingerprint density at radius 2 is 1.72 bits per heavy atom. The molecule has 8 nitrogen and oxygen atoms in total. The highest BCUT2D eigenvalue weighted by molar-refractivity contribution is 6.09. The molecule has 4 rings (SSSR count). The number of carbonyl (C=O) groups excluding carboxylic acids is 2. The lowest BCUT2D eigenvalue weighted by Crippen LogP contribution is -2.21. The van der Waals surface area contributed by atoms with Crippen LogP contribution in [0.2, 0.25) is 0 Å². The number of ether oxygens (including phenoxy) is 3. The molecule has 0 bridgehead atoms. The predicted molar refractivity (Wildman–Crippen MR) is 141 cm³/mol. The molecule has 36 heavy (non-hydrogen) atoms. The molecule has 192 valence electrons. The fourth-order valence-electron chi connectivity index (χ4n) is 4.37. The highest BCUT2D eigenvalue weighted by atomic mass is 16.5. The number of H-pyrrole nitrogens is 1. The molecule has 2 aromatic carbocycles. The van der Waals surface area contributed by atoms with Gasteiger partial charge in [-0.25, -0.2) is 9.59 Å². The molecule has 1 aliphatic heterocycles. The molecule has 0 unspecified atom stereocenters. The monoisotopic (exact) mass is 493 g/mol. The lowest BCUT2D eigenvalue weighted by atomic mass is 9.92. The van der Waals surface area contributed by atoms with E-state index in [0.29, 0.717) is 23.9 Å². The van der Waals surface area contributed by atoms with Gasteiger partial charge in [-0.05, 0) is 43.4 Å². The van der Waals surface area contributed by atoms with Gasteiger partial charge in [-0.3, -0.25) is 0 Å². The molecule has 0 saturated carbocycles. The van der Waals surface area contributed by atoms with E-state index in [0.717, 1.165) is 54.7 Å². The van der Waals surface area contributed by atoms with Gasteiger partial charge in [-0.15, -0.1) is 0 Å². The van der Waals surface area contributed by atoms with Crippen molar-refractivity contribution in [2.45, 2.75) is 45.4 Å². The predicted octanol–water partition coefficient (Wildman–Crippen LogP) is 6.09. The summed E-state index contributed by atoms with van der Waals surface area (Å²) < 4.78 is 16.5. The van der Waals surface area contributed by atoms with Gasteiger partial charge >= 0.3 is 12.0 Å². The maximum absolute atomic E-state index is 12.9. The minimum absolute atomic E-state index is 0.204. The first kappa shape index (κ1) is 25.6. The Balaban J connectivity index is 1.48. The van der Waals surface area contributed by atoms with Crippen LogP contribution in [0.15, 0.2) is 42.5 Å². The second kappa shape index (κ2) is 11.0. The van der Waals surface area contributed by atoms with Crippen molar-refractivity contribution in [2.24, 2.45) is 5.92 Å². The molecule has 1 aliphatic rings. The third-order valence-electron chi connectivity index (χ3n) is 6.52. The largest absolute Gasteiger partial charge is 0.493 e. The number of nitrogens with one attached hydrogen (secondary N) is 3. The normalized spacial score (nSPS) is 14.4. The molecule has 1 saturated heterocycles. The molecule has 0 aliphatic carbocycles. The van der Waals surface area contributed by atoms with Gasteiger partial charge in [0.25, 0.3) is 0 Å². The first-order chi connectivity index (χ1) is 17.3. The van der Waals surface area contributed by atoms with Crippen LogP contribution in [0, 0.1) is 5.92 Å².